The Balaban J connectivity index is 8.29. The van der Waals surface area contributed by atoms with Gasteiger partial charge in [-0.15, -0.1) is 0 Å². The van der Waals surface area contributed by atoms with Crippen molar-refractivity contribution in [2.24, 2.45) is 0 Å². The molecule has 0 spiro atoms. The van der Waals surface area contributed by atoms with E-state index in [-0.39, 0.29) is 0 Å². The average molecular weight is 572 g/mol. The number of hydrogen-bond acceptors (Lipinski definition) is 0. The molecule has 0 amide bonds. The van der Waals surface area contributed by atoms with Gasteiger partial charge in [-0.3, -0.25) is 0 Å². The summed E-state index contributed by atoms with van der Waals surface area (Å²) in [6, 6.07) is 0. The molecule has 0 bridgehead atoms. The third-order valence-corrected chi connectivity index (χ3v) is 66.6. The Morgan fingerprint density at radius 3 is 0.452 bits per heavy atom. The quantitative estimate of drug-likeness (QED) is 0.241. The van der Waals surface area contributed by atoms with Crippen LogP contribution in [0.15, 0.2) is 0 Å². The first kappa shape index (κ1) is 32.8. The van der Waals surface area contributed by atoms with Crippen LogP contribution >= 0.6 is 0 Å². The van der Waals surface area contributed by atoms with Crippen molar-refractivity contribution in [3.63, 3.8) is 0 Å². The van der Waals surface area contributed by atoms with Crippen molar-refractivity contribution in [3.8, 4) is 0 Å². The zero-order valence-corrected chi connectivity index (χ0v) is 33.2. The van der Waals surface area contributed by atoms with Crippen molar-refractivity contribution in [1.29, 1.82) is 0 Å². The molecule has 0 atom stereocenters. The monoisotopic (exact) mass is 571 g/mol. The van der Waals surface area contributed by atoms with Gasteiger partial charge in [0.15, 0.2) is 0 Å². The van der Waals surface area contributed by atoms with E-state index in [1.807, 2.05) is 0 Å². The van der Waals surface area contributed by atoms with Gasteiger partial charge < -0.3 is 0 Å². The molecule has 0 N–H and O–H groups in total. The summed E-state index contributed by atoms with van der Waals surface area (Å²) in [6.45, 7) is 58.6. The molecule has 0 saturated heterocycles. The Morgan fingerprint density at radius 2 is 0.387 bits per heavy atom. The van der Waals surface area contributed by atoms with Gasteiger partial charge in [-0.1, -0.05) is 0 Å². The van der Waals surface area contributed by atoms with E-state index >= 15 is 0 Å². The normalized spacial score (nSPS) is 16.8. The Kier molecular flexibility index (Phi) is 9.26. The van der Waals surface area contributed by atoms with Crippen molar-refractivity contribution in [1.82, 2.24) is 0 Å². The molecule has 31 heavy (non-hydrogen) atoms. The summed E-state index contributed by atoms with van der Waals surface area (Å²) in [5.74, 6) is 0. The fourth-order valence-electron chi connectivity index (χ4n) is 6.44. The Labute approximate surface area is 210 Å². The van der Waals surface area contributed by atoms with Gasteiger partial charge in [0.1, 0.15) is 0 Å². The van der Waals surface area contributed by atoms with Crippen molar-refractivity contribution in [2.45, 2.75) is 149 Å². The summed E-state index contributed by atoms with van der Waals surface area (Å²) in [6.07, 6.45) is 0. The van der Waals surface area contributed by atoms with E-state index in [9.17, 15) is 0 Å². The van der Waals surface area contributed by atoms with Crippen molar-refractivity contribution in [2.75, 3.05) is 0 Å². The Bertz CT molecular complexity index is 498. The summed E-state index contributed by atoms with van der Waals surface area (Å²) in [5.41, 5.74) is 0. The molecule has 0 heterocycles. The van der Waals surface area contributed by atoms with E-state index in [1.54, 1.807) is 0 Å². The minimum atomic E-state index is -1.44. The predicted molar refractivity (Wildman–Crippen MR) is 165 cm³/mol. The zero-order chi connectivity index (χ0) is 26.1. The maximum atomic E-state index is 2.91. The standard InChI is InChI=1S/3C8H21Si2.Cr/c3*1-8(9(2,3)4)10(5,6)7;/h3*1-7H3;. The zero-order valence-electron chi connectivity index (χ0n) is 25.9. The van der Waals surface area contributed by atoms with Gasteiger partial charge >= 0.3 is 212 Å². The third-order valence-electron chi connectivity index (χ3n) is 9.81. The van der Waals surface area contributed by atoms with Gasteiger partial charge in [-0.05, 0) is 0 Å². The van der Waals surface area contributed by atoms with E-state index in [0.717, 1.165) is 0 Å². The Morgan fingerprint density at radius 1 is 0.290 bits per heavy atom. The number of rotatable bonds is 9. The van der Waals surface area contributed by atoms with Crippen molar-refractivity contribution < 1.29 is 14.1 Å². The van der Waals surface area contributed by atoms with Crippen LogP contribution in [0.1, 0.15) is 20.8 Å². The molecular weight excluding hydrogens is 509 g/mol. The van der Waals surface area contributed by atoms with Crippen LogP contribution in [0.4, 0.5) is 0 Å². The van der Waals surface area contributed by atoms with Crippen LogP contribution < -0.4 is 0 Å². The van der Waals surface area contributed by atoms with Crippen molar-refractivity contribution in [3.05, 3.63) is 0 Å². The second-order valence-electron chi connectivity index (χ2n) is 16.9. The van der Waals surface area contributed by atoms with Gasteiger partial charge in [0.2, 0.25) is 0 Å². The molecular formula is C24H63CrSi6. The summed E-state index contributed by atoms with van der Waals surface area (Å²) < 4.78 is 1.89. The molecule has 0 aliphatic rings. The molecule has 0 aliphatic heterocycles. The van der Waals surface area contributed by atoms with E-state index in [1.165, 1.54) is 0 Å². The molecule has 0 rings (SSSR count). The Hall–Kier alpha value is 1.83. The van der Waals surface area contributed by atoms with Crippen LogP contribution in [0, 0.1) is 0 Å². The fraction of sp³-hybridized carbons (Fsp3) is 1.00. The maximum absolute atomic E-state index is 2.91. The molecule has 0 radical (unpaired) electrons. The molecule has 0 unspecified atom stereocenters. The van der Waals surface area contributed by atoms with E-state index in [0.29, 0.717) is 10.6 Å². The van der Waals surface area contributed by atoms with Crippen LogP contribution in [-0.4, -0.2) is 48.4 Å². The molecule has 0 aromatic carbocycles. The SMILES string of the molecule is C[C]([Cr]([C](C)([Si](C)(C)C)[Si](C)(C)C)[C](C)([Si](C)(C)C)[Si](C)(C)C)([Si](C)(C)C)[Si](C)(C)C. The van der Waals surface area contributed by atoms with Crippen LogP contribution in [0.3, 0.4) is 0 Å². The van der Waals surface area contributed by atoms with Crippen molar-refractivity contribution >= 4 is 48.4 Å². The van der Waals surface area contributed by atoms with Crippen LogP contribution in [0.25, 0.3) is 0 Å². The summed E-state index contributed by atoms with van der Waals surface area (Å²) in [4.78, 5) is 0. The molecule has 0 fully saturated rings. The fourth-order valence-corrected chi connectivity index (χ4v) is 73.3. The topological polar surface area (TPSA) is 0 Å². The minimum absolute atomic E-state index is 0.630. The predicted octanol–water partition coefficient (Wildman–Crippen LogP) is 10.4. The first-order valence-corrected chi connectivity index (χ1v) is 35.5. The van der Waals surface area contributed by atoms with E-state index < -0.39 is 62.6 Å². The van der Waals surface area contributed by atoms with Gasteiger partial charge in [0.05, 0.1) is 0 Å². The van der Waals surface area contributed by atoms with E-state index in [4.69, 9.17) is 0 Å². The average Bonchev–Trinajstić information content (AvgIpc) is 2.39. The van der Waals surface area contributed by atoms with Gasteiger partial charge in [0.25, 0.3) is 0 Å². The second-order valence-corrected chi connectivity index (χ2v) is 59.7. The molecule has 0 aromatic heterocycles. The summed E-state index contributed by atoms with van der Waals surface area (Å²) in [5, 5.41) is 0. The van der Waals surface area contributed by atoms with Crippen LogP contribution in [-0.2, 0) is 14.1 Å². The third kappa shape index (κ3) is 5.20. The van der Waals surface area contributed by atoms with Gasteiger partial charge in [0, 0.05) is 0 Å². The molecule has 0 aliphatic carbocycles. The first-order valence-electron chi connectivity index (χ1n) is 12.6. The molecule has 0 nitrogen and oxygen atoms in total. The molecule has 189 valence electrons. The summed E-state index contributed by atoms with van der Waals surface area (Å²) >= 11 is -1.09. The molecule has 0 saturated carbocycles. The first-order chi connectivity index (χ1) is 12.9. The van der Waals surface area contributed by atoms with E-state index in [2.05, 4.69) is 139 Å². The van der Waals surface area contributed by atoms with Crippen LogP contribution in [0.5, 0.6) is 0 Å². The summed E-state index contributed by atoms with van der Waals surface area (Å²) in [7, 11) is -8.63. The second kappa shape index (κ2) is 8.74. The number of hydrogen-bond donors (Lipinski definition) is 0. The molecule has 7 heteroatoms. The van der Waals surface area contributed by atoms with Gasteiger partial charge in [-0.2, -0.15) is 0 Å². The van der Waals surface area contributed by atoms with Gasteiger partial charge in [-0.25, -0.2) is 0 Å². The van der Waals surface area contributed by atoms with Crippen LogP contribution in [0.2, 0.25) is 128 Å². The molecule has 0 aromatic rings.